The first-order valence-electron chi connectivity index (χ1n) is 21.7. The Morgan fingerprint density at radius 3 is 1.22 bits per heavy atom. The first-order chi connectivity index (χ1) is 28.3. The summed E-state index contributed by atoms with van der Waals surface area (Å²) in [6.45, 7) is 15.8. The quantitative estimate of drug-likeness (QED) is 0.0396. The van der Waals surface area contributed by atoms with Crippen LogP contribution in [-0.4, -0.2) is 87.3 Å². The molecule has 0 radical (unpaired) electrons. The van der Waals surface area contributed by atoms with Crippen LogP contribution in [0.5, 0.6) is 11.5 Å². The highest BCUT2D eigenvalue weighted by Crippen LogP contribution is 2.29. The predicted molar refractivity (Wildman–Crippen MR) is 248 cm³/mol. The maximum Gasteiger partial charge on any atom is 0.311 e. The zero-order valence-corrected chi connectivity index (χ0v) is 39.7. The average Bonchev–Trinajstić information content (AvgIpc) is 3.19. The summed E-state index contributed by atoms with van der Waals surface area (Å²) in [4.78, 5) is 0. The maximum absolute atomic E-state index is 10.5. The first-order valence-corrected chi connectivity index (χ1v) is 30.8. The normalized spacial score (nSPS) is 13.3. The van der Waals surface area contributed by atoms with Crippen molar-refractivity contribution in [1.29, 1.82) is 0 Å². The molecule has 8 nitrogen and oxygen atoms in total. The molecule has 0 aliphatic heterocycles. The lowest BCUT2D eigenvalue weighted by Gasteiger charge is -2.39. The highest BCUT2D eigenvalue weighted by atomic mass is 28.5. The molecule has 0 fully saturated rings. The molecule has 324 valence electrons. The van der Waals surface area contributed by atoms with Crippen molar-refractivity contribution in [2.45, 2.75) is 115 Å². The molecule has 2 N–H and O–H groups in total. The van der Waals surface area contributed by atoms with Gasteiger partial charge >= 0.3 is 8.56 Å². The third-order valence-electron chi connectivity index (χ3n) is 10.1. The Labute approximate surface area is 358 Å². The molecule has 0 spiro atoms. The van der Waals surface area contributed by atoms with Crippen molar-refractivity contribution in [1.82, 2.24) is 0 Å². The Morgan fingerprint density at radius 1 is 0.441 bits per heavy atom. The van der Waals surface area contributed by atoms with E-state index in [1.807, 2.05) is 48.5 Å². The number of para-hydroxylation sites is 2. The van der Waals surface area contributed by atoms with Crippen molar-refractivity contribution in [3.05, 3.63) is 131 Å². The fourth-order valence-corrected chi connectivity index (χ4v) is 21.6. The van der Waals surface area contributed by atoms with E-state index < -0.39 is 37.4 Å². The van der Waals surface area contributed by atoms with E-state index in [1.54, 1.807) is 0 Å². The molecular formula is C48H72O8Si3. The molecule has 2 unspecified atom stereocenters. The molecule has 0 aliphatic rings. The summed E-state index contributed by atoms with van der Waals surface area (Å²) in [5, 5.41) is 21.0. The van der Waals surface area contributed by atoms with Crippen LogP contribution in [0.2, 0.25) is 51.4 Å². The standard InChI is InChI=1S/C48H72O8Si3/c1-57(2,35-19-29-43-27-13-15-31-47(43)53-39-45(49)37-51-33-17-25-41-21-9-7-10-22-41)55-59(5,6)56-58(3,4)36-20-30-44-28-14-16-32-48(44)54-40-46(50)38-52-34-18-26-42-23-11-8-12-24-42/h7-16,21-24,27-28,31-32,45-46,49-50H,17-20,25-26,29-30,33-40H2,1-6H3. The van der Waals surface area contributed by atoms with E-state index in [9.17, 15) is 10.2 Å². The van der Waals surface area contributed by atoms with Crippen LogP contribution in [0.15, 0.2) is 109 Å². The number of aliphatic hydroxyl groups excluding tert-OH is 2. The van der Waals surface area contributed by atoms with Crippen molar-refractivity contribution >= 4 is 25.2 Å². The van der Waals surface area contributed by atoms with Gasteiger partial charge in [-0.2, -0.15) is 0 Å². The average molecular weight is 861 g/mol. The fraction of sp³-hybridized carbons (Fsp3) is 0.500. The Balaban J connectivity index is 1.12. The molecule has 0 bridgehead atoms. The van der Waals surface area contributed by atoms with Crippen LogP contribution in [0.4, 0.5) is 0 Å². The van der Waals surface area contributed by atoms with E-state index in [2.05, 4.69) is 99.9 Å². The summed E-state index contributed by atoms with van der Waals surface area (Å²) in [7, 11) is -6.40. The molecule has 0 saturated heterocycles. The summed E-state index contributed by atoms with van der Waals surface area (Å²) in [6, 6.07) is 39.1. The van der Waals surface area contributed by atoms with Crippen molar-refractivity contribution in [3.8, 4) is 11.5 Å². The van der Waals surface area contributed by atoms with Crippen molar-refractivity contribution < 1.29 is 37.4 Å². The molecule has 4 rings (SSSR count). The fourth-order valence-electron chi connectivity index (χ4n) is 7.52. The smallest absolute Gasteiger partial charge is 0.311 e. The Bertz CT molecular complexity index is 1600. The van der Waals surface area contributed by atoms with Gasteiger partial charge in [-0.15, -0.1) is 0 Å². The van der Waals surface area contributed by atoms with Gasteiger partial charge in [0.25, 0.3) is 0 Å². The second-order valence-electron chi connectivity index (χ2n) is 17.3. The minimum Gasteiger partial charge on any atom is -0.491 e. The monoisotopic (exact) mass is 860 g/mol. The van der Waals surface area contributed by atoms with Gasteiger partial charge in [0, 0.05) is 13.2 Å². The Hall–Kier alpha value is -3.11. The molecule has 0 aliphatic carbocycles. The highest BCUT2D eigenvalue weighted by Gasteiger charge is 2.39. The van der Waals surface area contributed by atoms with Gasteiger partial charge in [0.15, 0.2) is 16.6 Å². The zero-order chi connectivity index (χ0) is 42.4. The Morgan fingerprint density at radius 2 is 0.814 bits per heavy atom. The van der Waals surface area contributed by atoms with Crippen molar-refractivity contribution in [3.63, 3.8) is 0 Å². The van der Waals surface area contributed by atoms with E-state index in [0.29, 0.717) is 13.2 Å². The molecule has 59 heavy (non-hydrogen) atoms. The van der Waals surface area contributed by atoms with E-state index >= 15 is 0 Å². The molecule has 4 aromatic carbocycles. The molecule has 2 atom stereocenters. The summed E-state index contributed by atoms with van der Waals surface area (Å²) in [5.74, 6) is 1.65. The molecule has 0 aromatic heterocycles. The number of ether oxygens (including phenoxy) is 4. The molecule has 11 heteroatoms. The van der Waals surface area contributed by atoms with Gasteiger partial charge in [-0.25, -0.2) is 0 Å². The molecule has 0 heterocycles. The van der Waals surface area contributed by atoms with Crippen molar-refractivity contribution in [2.24, 2.45) is 0 Å². The van der Waals surface area contributed by atoms with E-state index in [-0.39, 0.29) is 26.4 Å². The largest absolute Gasteiger partial charge is 0.491 e. The lowest BCUT2D eigenvalue weighted by molar-refractivity contribution is 0.0113. The predicted octanol–water partition coefficient (Wildman–Crippen LogP) is 10.2. The number of benzene rings is 4. The second-order valence-corrected chi connectivity index (χ2v) is 29.8. The number of hydrogen-bond donors (Lipinski definition) is 2. The van der Waals surface area contributed by atoms with Crippen LogP contribution >= 0.6 is 0 Å². The van der Waals surface area contributed by atoms with Crippen LogP contribution in [0.3, 0.4) is 0 Å². The molecule has 0 amide bonds. The SMILES string of the molecule is C[Si](C)(CCCc1ccccc1OCC(O)COCCCc1ccccc1)O[Si](C)(C)O[Si](C)(C)CCCc1ccccc1OCC(O)COCCCc1ccccc1. The number of aliphatic hydroxyl groups is 2. The van der Waals surface area contributed by atoms with Crippen LogP contribution in [-0.2, 0) is 43.4 Å². The van der Waals surface area contributed by atoms with Crippen molar-refractivity contribution in [2.75, 3.05) is 39.6 Å². The van der Waals surface area contributed by atoms with Crippen LogP contribution in [0.1, 0.15) is 47.9 Å². The summed E-state index contributed by atoms with van der Waals surface area (Å²) in [5.41, 5.74) is 4.90. The number of rotatable bonds is 30. The van der Waals surface area contributed by atoms with E-state index in [0.717, 1.165) is 86.1 Å². The zero-order valence-electron chi connectivity index (χ0n) is 36.7. The first kappa shape index (κ1) is 48.6. The minimum atomic E-state index is -2.38. The maximum atomic E-state index is 10.5. The van der Waals surface area contributed by atoms with Gasteiger partial charge in [-0.1, -0.05) is 97.1 Å². The second kappa shape index (κ2) is 25.6. The summed E-state index contributed by atoms with van der Waals surface area (Å²) in [6.07, 6.45) is 6.18. The van der Waals surface area contributed by atoms with Gasteiger partial charge in [0.1, 0.15) is 36.9 Å². The minimum absolute atomic E-state index is 0.201. The third kappa shape index (κ3) is 20.3. The van der Waals surface area contributed by atoms with E-state index in [1.165, 1.54) is 11.1 Å². The lowest BCUT2D eigenvalue weighted by Crippen LogP contribution is -2.52. The van der Waals surface area contributed by atoms with Gasteiger partial charge in [-0.3, -0.25) is 0 Å². The van der Waals surface area contributed by atoms with Crippen LogP contribution in [0.25, 0.3) is 0 Å². The third-order valence-corrected chi connectivity index (χ3v) is 21.6. The van der Waals surface area contributed by atoms with E-state index in [4.69, 9.17) is 27.2 Å². The van der Waals surface area contributed by atoms with Crippen LogP contribution < -0.4 is 9.47 Å². The van der Waals surface area contributed by atoms with Gasteiger partial charge < -0.3 is 37.4 Å². The molecular weight excluding hydrogens is 789 g/mol. The molecule has 0 saturated carbocycles. The highest BCUT2D eigenvalue weighted by molar-refractivity contribution is 6.87. The summed E-state index contributed by atoms with van der Waals surface area (Å²) >= 11 is 0. The lowest BCUT2D eigenvalue weighted by atomic mass is 10.1. The van der Waals surface area contributed by atoms with Gasteiger partial charge in [0.2, 0.25) is 0 Å². The topological polar surface area (TPSA) is 95.8 Å². The van der Waals surface area contributed by atoms with Gasteiger partial charge in [0.05, 0.1) is 13.2 Å². The Kier molecular flexibility index (Phi) is 21.1. The van der Waals surface area contributed by atoms with Gasteiger partial charge in [-0.05, 0) is 137 Å². The van der Waals surface area contributed by atoms with Crippen LogP contribution in [0, 0.1) is 0 Å². The summed E-state index contributed by atoms with van der Waals surface area (Å²) < 4.78 is 37.5. The number of hydrogen-bond acceptors (Lipinski definition) is 8. The molecule has 4 aromatic rings. The number of aryl methyl sites for hydroxylation is 4.